The maximum atomic E-state index is 12.2. The van der Waals surface area contributed by atoms with Crippen molar-refractivity contribution in [2.75, 3.05) is 13.1 Å². The zero-order valence-electron chi connectivity index (χ0n) is 10.6. The topological polar surface area (TPSA) is 33.2 Å². The van der Waals surface area contributed by atoms with Crippen molar-refractivity contribution in [3.8, 4) is 0 Å². The highest BCUT2D eigenvalue weighted by Crippen LogP contribution is 2.25. The van der Waals surface area contributed by atoms with Crippen LogP contribution in [-0.4, -0.2) is 28.9 Å². The lowest BCUT2D eigenvalue weighted by atomic mass is 9.89. The summed E-state index contributed by atoms with van der Waals surface area (Å²) in [7, 11) is 0. The maximum Gasteiger partial charge on any atom is 0.273 e. The average molecular weight is 252 g/mol. The van der Waals surface area contributed by atoms with Crippen LogP contribution in [0.25, 0.3) is 0 Å². The Balaban J connectivity index is 1.97. The number of nitrogens with zero attached hydrogens (tertiary/aromatic N) is 2. The summed E-state index contributed by atoms with van der Waals surface area (Å²) >= 11 is 1.48. The summed E-state index contributed by atoms with van der Waals surface area (Å²) in [6.07, 6.45) is 3.50. The number of carbonyl (C=O) groups is 1. The molecule has 3 nitrogen and oxygen atoms in total. The quantitative estimate of drug-likeness (QED) is 0.810. The van der Waals surface area contributed by atoms with Crippen molar-refractivity contribution >= 4 is 17.2 Å². The van der Waals surface area contributed by atoms with Crippen molar-refractivity contribution in [1.29, 1.82) is 0 Å². The Morgan fingerprint density at radius 2 is 2.29 bits per heavy atom. The first-order chi connectivity index (χ1) is 8.18. The Labute approximate surface area is 107 Å². The normalized spacial score (nSPS) is 21.6. The summed E-state index contributed by atoms with van der Waals surface area (Å²) in [4.78, 5) is 18.2. The molecule has 1 unspecified atom stereocenters. The Morgan fingerprint density at radius 3 is 2.94 bits per heavy atom. The highest BCUT2D eigenvalue weighted by Gasteiger charge is 2.23. The van der Waals surface area contributed by atoms with Gasteiger partial charge in [0.05, 0.1) is 5.51 Å². The zero-order chi connectivity index (χ0) is 12.3. The van der Waals surface area contributed by atoms with Gasteiger partial charge in [0.1, 0.15) is 5.69 Å². The van der Waals surface area contributed by atoms with Gasteiger partial charge in [-0.3, -0.25) is 4.79 Å². The van der Waals surface area contributed by atoms with Gasteiger partial charge in [0.15, 0.2) is 0 Å². The molecule has 0 N–H and O–H groups in total. The van der Waals surface area contributed by atoms with Crippen molar-refractivity contribution in [3.05, 3.63) is 16.6 Å². The molecule has 0 aliphatic carbocycles. The van der Waals surface area contributed by atoms with Crippen LogP contribution >= 0.6 is 11.3 Å². The lowest BCUT2D eigenvalue weighted by molar-refractivity contribution is 0.0754. The van der Waals surface area contributed by atoms with Crippen molar-refractivity contribution in [3.63, 3.8) is 0 Å². The first-order valence-electron chi connectivity index (χ1n) is 6.36. The molecule has 0 saturated carbocycles. The van der Waals surface area contributed by atoms with Gasteiger partial charge >= 0.3 is 0 Å². The number of aromatic nitrogens is 1. The molecule has 1 amide bonds. The fraction of sp³-hybridized carbons (Fsp3) is 0.692. The lowest BCUT2D eigenvalue weighted by Crippen LogP contribution is -2.32. The van der Waals surface area contributed by atoms with Gasteiger partial charge in [-0.15, -0.1) is 11.3 Å². The molecule has 1 aromatic heterocycles. The molecule has 17 heavy (non-hydrogen) atoms. The third kappa shape index (κ3) is 3.06. The van der Waals surface area contributed by atoms with E-state index in [1.165, 1.54) is 17.8 Å². The van der Waals surface area contributed by atoms with Gasteiger partial charge in [0.25, 0.3) is 5.91 Å². The second kappa shape index (κ2) is 5.63. The van der Waals surface area contributed by atoms with E-state index in [9.17, 15) is 4.79 Å². The molecule has 0 aromatic carbocycles. The van der Waals surface area contributed by atoms with Crippen LogP contribution in [0.5, 0.6) is 0 Å². The predicted molar refractivity (Wildman–Crippen MR) is 70.2 cm³/mol. The van der Waals surface area contributed by atoms with E-state index in [-0.39, 0.29) is 5.91 Å². The van der Waals surface area contributed by atoms with Gasteiger partial charge in [0.2, 0.25) is 0 Å². The summed E-state index contributed by atoms with van der Waals surface area (Å²) in [6, 6.07) is 0. The summed E-state index contributed by atoms with van der Waals surface area (Å²) in [5, 5.41) is 1.84. The van der Waals surface area contributed by atoms with Crippen LogP contribution in [0.4, 0.5) is 0 Å². The van der Waals surface area contributed by atoms with Crippen LogP contribution in [0, 0.1) is 11.8 Å². The third-order valence-corrected chi connectivity index (χ3v) is 4.24. The number of amides is 1. The lowest BCUT2D eigenvalue weighted by Gasteiger charge is -2.20. The van der Waals surface area contributed by atoms with Crippen molar-refractivity contribution < 1.29 is 4.79 Å². The van der Waals surface area contributed by atoms with Crippen LogP contribution in [0.15, 0.2) is 10.9 Å². The highest BCUT2D eigenvalue weighted by atomic mass is 32.1. The summed E-state index contributed by atoms with van der Waals surface area (Å²) < 4.78 is 0. The van der Waals surface area contributed by atoms with E-state index >= 15 is 0 Å². The number of hydrogen-bond donors (Lipinski definition) is 0. The Hall–Kier alpha value is -0.900. The molecule has 1 saturated heterocycles. The molecular formula is C13H20N2OS. The van der Waals surface area contributed by atoms with E-state index in [4.69, 9.17) is 0 Å². The minimum absolute atomic E-state index is 0.107. The molecule has 0 bridgehead atoms. The molecule has 1 aliphatic rings. The summed E-state index contributed by atoms with van der Waals surface area (Å²) in [5.41, 5.74) is 2.33. The van der Waals surface area contributed by atoms with Crippen molar-refractivity contribution in [1.82, 2.24) is 9.88 Å². The fourth-order valence-electron chi connectivity index (χ4n) is 2.47. The molecule has 0 radical (unpaired) electrons. The van der Waals surface area contributed by atoms with E-state index < -0.39 is 0 Å². The predicted octanol–water partition coefficient (Wildman–Crippen LogP) is 3.04. The largest absolute Gasteiger partial charge is 0.337 e. The number of thiazole rings is 1. The number of carbonyl (C=O) groups excluding carboxylic acids is 1. The van der Waals surface area contributed by atoms with Crippen molar-refractivity contribution in [2.45, 2.75) is 33.1 Å². The number of hydrogen-bond acceptors (Lipinski definition) is 3. The average Bonchev–Trinajstić information content (AvgIpc) is 2.71. The van der Waals surface area contributed by atoms with Gasteiger partial charge in [-0.05, 0) is 31.1 Å². The molecule has 4 heteroatoms. The standard InChI is InChI=1S/C13H20N2OS/c1-10(2)11-4-3-6-15(7-5-11)13(16)12-8-17-9-14-12/h8-11H,3-7H2,1-2H3. The highest BCUT2D eigenvalue weighted by molar-refractivity contribution is 7.07. The van der Waals surface area contributed by atoms with Crippen LogP contribution in [0.2, 0.25) is 0 Å². The molecule has 2 heterocycles. The van der Waals surface area contributed by atoms with E-state index in [1.807, 2.05) is 10.3 Å². The third-order valence-electron chi connectivity index (χ3n) is 3.65. The van der Waals surface area contributed by atoms with E-state index in [1.54, 1.807) is 5.51 Å². The molecule has 1 fully saturated rings. The van der Waals surface area contributed by atoms with E-state index in [0.29, 0.717) is 5.69 Å². The second-order valence-electron chi connectivity index (χ2n) is 5.10. The smallest absolute Gasteiger partial charge is 0.273 e. The van der Waals surface area contributed by atoms with Gasteiger partial charge in [0, 0.05) is 18.5 Å². The Bertz CT molecular complexity index is 362. The first-order valence-corrected chi connectivity index (χ1v) is 7.30. The molecule has 94 valence electrons. The van der Waals surface area contributed by atoms with Gasteiger partial charge in [-0.25, -0.2) is 4.98 Å². The SMILES string of the molecule is CC(C)C1CCCN(C(=O)c2cscn2)CC1. The minimum atomic E-state index is 0.107. The van der Waals surface area contributed by atoms with Crippen LogP contribution in [0.3, 0.4) is 0 Å². The summed E-state index contributed by atoms with van der Waals surface area (Å²) in [5.74, 6) is 1.60. The van der Waals surface area contributed by atoms with Crippen LogP contribution in [-0.2, 0) is 0 Å². The van der Waals surface area contributed by atoms with Gasteiger partial charge in [-0.1, -0.05) is 13.8 Å². The van der Waals surface area contributed by atoms with Gasteiger partial charge in [-0.2, -0.15) is 0 Å². The first kappa shape index (κ1) is 12.6. The Morgan fingerprint density at radius 1 is 1.47 bits per heavy atom. The maximum absolute atomic E-state index is 12.2. The molecule has 2 rings (SSSR count). The van der Waals surface area contributed by atoms with E-state index in [2.05, 4.69) is 18.8 Å². The Kier molecular flexibility index (Phi) is 4.15. The second-order valence-corrected chi connectivity index (χ2v) is 5.82. The summed E-state index contributed by atoms with van der Waals surface area (Å²) in [6.45, 7) is 6.34. The molecule has 0 spiro atoms. The molecular weight excluding hydrogens is 232 g/mol. The van der Waals surface area contributed by atoms with Crippen LogP contribution < -0.4 is 0 Å². The number of rotatable bonds is 2. The van der Waals surface area contributed by atoms with Crippen molar-refractivity contribution in [2.24, 2.45) is 11.8 Å². The molecule has 1 aromatic rings. The van der Waals surface area contributed by atoms with Crippen LogP contribution in [0.1, 0.15) is 43.6 Å². The van der Waals surface area contributed by atoms with Gasteiger partial charge < -0.3 is 4.90 Å². The molecule has 1 atom stereocenters. The fourth-order valence-corrected chi connectivity index (χ4v) is 3.00. The minimum Gasteiger partial charge on any atom is -0.337 e. The number of likely N-dealkylation sites (tertiary alicyclic amines) is 1. The van der Waals surface area contributed by atoms with E-state index in [0.717, 1.165) is 37.8 Å². The molecule has 1 aliphatic heterocycles. The zero-order valence-corrected chi connectivity index (χ0v) is 11.4. The monoisotopic (exact) mass is 252 g/mol.